The molecule has 2 aliphatic rings. The van der Waals surface area contributed by atoms with Gasteiger partial charge in [-0.05, 0) is 103 Å². The quantitative estimate of drug-likeness (QED) is 0.192. The van der Waals surface area contributed by atoms with Crippen LogP contribution in [-0.2, 0) is 6.54 Å². The zero-order valence-electron chi connectivity index (χ0n) is 26.3. The van der Waals surface area contributed by atoms with Crippen LogP contribution in [0.1, 0.15) is 66.1 Å². The fourth-order valence-corrected chi connectivity index (χ4v) is 8.89. The molecular formula is C39H36ClN3O3S. The fraction of sp³-hybridized carbons (Fsp3) is 0.282. The Morgan fingerprint density at radius 2 is 1.74 bits per heavy atom. The minimum Gasteiger partial charge on any atom is -0.497 e. The summed E-state index contributed by atoms with van der Waals surface area (Å²) in [6, 6.07) is 24.6. The zero-order valence-corrected chi connectivity index (χ0v) is 27.9. The molecule has 238 valence electrons. The van der Waals surface area contributed by atoms with Crippen molar-refractivity contribution in [1.82, 2.24) is 9.55 Å². The lowest BCUT2D eigenvalue weighted by Gasteiger charge is -2.24. The van der Waals surface area contributed by atoms with Crippen LogP contribution in [0.25, 0.3) is 54.8 Å². The summed E-state index contributed by atoms with van der Waals surface area (Å²) in [5.74, 6) is 0.355. The van der Waals surface area contributed by atoms with Crippen LogP contribution in [0.3, 0.4) is 0 Å². The molecule has 3 aromatic heterocycles. The van der Waals surface area contributed by atoms with Gasteiger partial charge in [0.2, 0.25) is 0 Å². The molecule has 1 saturated carbocycles. The molecule has 6 aromatic rings. The van der Waals surface area contributed by atoms with Crippen LogP contribution in [-0.4, -0.2) is 34.3 Å². The van der Waals surface area contributed by atoms with E-state index in [2.05, 4.69) is 46.3 Å². The van der Waals surface area contributed by atoms with Crippen molar-refractivity contribution < 1.29 is 14.6 Å². The highest BCUT2D eigenvalue weighted by molar-refractivity contribution is 7.21. The lowest BCUT2D eigenvalue weighted by Crippen LogP contribution is -2.08. The van der Waals surface area contributed by atoms with Crippen LogP contribution in [0.2, 0.25) is 5.02 Å². The third kappa shape index (κ3) is 5.35. The molecule has 6 nitrogen and oxygen atoms in total. The van der Waals surface area contributed by atoms with Crippen molar-refractivity contribution in [3.8, 4) is 39.4 Å². The summed E-state index contributed by atoms with van der Waals surface area (Å²) in [5.41, 5.74) is 10.9. The number of ether oxygens (including phenoxy) is 1. The normalized spacial score (nSPS) is 15.4. The predicted molar refractivity (Wildman–Crippen MR) is 193 cm³/mol. The summed E-state index contributed by atoms with van der Waals surface area (Å²) in [6.45, 7) is 1.73. The topological polar surface area (TPSA) is 76.4 Å². The molecule has 0 atom stereocenters. The van der Waals surface area contributed by atoms with Gasteiger partial charge in [-0.2, -0.15) is 0 Å². The van der Waals surface area contributed by atoms with Gasteiger partial charge in [0.1, 0.15) is 10.6 Å². The van der Waals surface area contributed by atoms with Gasteiger partial charge in [-0.25, -0.2) is 9.78 Å². The van der Waals surface area contributed by atoms with Gasteiger partial charge in [-0.3, -0.25) is 0 Å². The average molecular weight is 662 g/mol. The molecular weight excluding hydrogens is 626 g/mol. The minimum absolute atomic E-state index is 0.423. The summed E-state index contributed by atoms with van der Waals surface area (Å²) < 4.78 is 9.20. The van der Waals surface area contributed by atoms with Crippen molar-refractivity contribution in [1.29, 1.82) is 0 Å². The number of aromatic nitrogens is 2. The number of methoxy groups -OCH3 is 1. The number of fused-ring (bicyclic) bond motifs is 7. The van der Waals surface area contributed by atoms with Crippen LogP contribution in [0, 0.1) is 0 Å². The minimum atomic E-state index is -0.844. The van der Waals surface area contributed by atoms with Gasteiger partial charge in [-0.1, -0.05) is 49.1 Å². The fourth-order valence-electron chi connectivity index (χ4n) is 7.64. The maximum Gasteiger partial charge on any atom is 0.345 e. The molecule has 4 heterocycles. The van der Waals surface area contributed by atoms with Gasteiger partial charge in [0.05, 0.1) is 39.9 Å². The van der Waals surface area contributed by atoms with Crippen LogP contribution in [0.15, 0.2) is 72.8 Å². The molecule has 1 aliphatic heterocycles. The second kappa shape index (κ2) is 12.4. The molecule has 1 aliphatic carbocycles. The number of rotatable bonds is 5. The van der Waals surface area contributed by atoms with Crippen molar-refractivity contribution in [3.05, 3.63) is 88.3 Å². The first-order valence-corrected chi connectivity index (χ1v) is 17.7. The standard InChI is InChI=1S/C39H36ClN3O3S/c1-46-26-13-14-27(23-9-11-25(40)12-10-23)30(21-26)32-17-15-28-31(42-32)18-16-29-36(28)41-19-5-6-20-43-33-22-34(39(44)45)47-38(33)35(37(29)43)24-7-3-2-4-8-24/h9-18,21-22,24,41H,2-8,19-20H2,1H3,(H,44,45). The number of halogens is 1. The van der Waals surface area contributed by atoms with Crippen LogP contribution >= 0.6 is 22.9 Å². The first kappa shape index (κ1) is 30.0. The van der Waals surface area contributed by atoms with E-state index in [1.165, 1.54) is 47.4 Å². The summed E-state index contributed by atoms with van der Waals surface area (Å²) in [7, 11) is 1.69. The lowest BCUT2D eigenvalue weighted by atomic mass is 9.82. The molecule has 0 amide bonds. The number of carbonyl (C=O) groups is 1. The lowest BCUT2D eigenvalue weighted by molar-refractivity contribution is 0.0702. The Hall–Kier alpha value is -4.33. The molecule has 1 fully saturated rings. The Bertz CT molecular complexity index is 2140. The molecule has 8 rings (SSSR count). The monoisotopic (exact) mass is 661 g/mol. The number of thiophene rings is 1. The molecule has 0 saturated heterocycles. The number of nitrogens with zero attached hydrogens (tertiary/aromatic N) is 2. The van der Waals surface area contributed by atoms with Gasteiger partial charge in [0.15, 0.2) is 0 Å². The average Bonchev–Trinajstić information content (AvgIpc) is 3.68. The molecule has 0 radical (unpaired) electrons. The number of aromatic carboxylic acids is 1. The van der Waals surface area contributed by atoms with Crippen molar-refractivity contribution >= 4 is 55.7 Å². The number of pyridine rings is 1. The summed E-state index contributed by atoms with van der Waals surface area (Å²) >= 11 is 7.67. The second-order valence-corrected chi connectivity index (χ2v) is 14.2. The Kier molecular flexibility index (Phi) is 7.90. The van der Waals surface area contributed by atoms with Crippen molar-refractivity contribution in [3.63, 3.8) is 0 Å². The molecule has 8 heteroatoms. The first-order chi connectivity index (χ1) is 23.0. The number of carboxylic acids is 1. The Morgan fingerprint density at radius 3 is 2.53 bits per heavy atom. The first-order valence-electron chi connectivity index (χ1n) is 16.5. The molecule has 0 unspecified atom stereocenters. The van der Waals surface area contributed by atoms with E-state index in [0.29, 0.717) is 15.8 Å². The van der Waals surface area contributed by atoms with Gasteiger partial charge < -0.3 is 19.7 Å². The Morgan fingerprint density at radius 1 is 0.936 bits per heavy atom. The maximum atomic E-state index is 12.1. The third-order valence-corrected chi connectivity index (χ3v) is 11.3. The molecule has 2 N–H and O–H groups in total. The number of hydrogen-bond donors (Lipinski definition) is 2. The third-order valence-electron chi connectivity index (χ3n) is 9.89. The maximum absolute atomic E-state index is 12.1. The van der Waals surface area contributed by atoms with E-state index >= 15 is 0 Å². The number of hydrogen-bond acceptors (Lipinski definition) is 5. The van der Waals surface area contributed by atoms with E-state index in [4.69, 9.17) is 21.3 Å². The largest absolute Gasteiger partial charge is 0.497 e. The number of nitrogens with one attached hydrogen (secondary N) is 1. The SMILES string of the molecule is COc1ccc(-c2ccc(Cl)cc2)c(-c2ccc3c4c(ccc3n2)-c2c(C3CCCCC3)c3sc(C(=O)O)cc3n2CCCCN4)c1. The summed E-state index contributed by atoms with van der Waals surface area (Å²) in [4.78, 5) is 17.8. The summed E-state index contributed by atoms with van der Waals surface area (Å²) in [6.07, 6.45) is 8.02. The second-order valence-electron chi connectivity index (χ2n) is 12.7. The highest BCUT2D eigenvalue weighted by Gasteiger charge is 2.30. The molecule has 0 bridgehead atoms. The number of carboxylic acid groups (broad SMARTS) is 1. The highest BCUT2D eigenvalue weighted by atomic mass is 35.5. The number of benzene rings is 3. The van der Waals surface area contributed by atoms with Crippen molar-refractivity contribution in [2.24, 2.45) is 0 Å². The highest BCUT2D eigenvalue weighted by Crippen LogP contribution is 2.49. The van der Waals surface area contributed by atoms with E-state index < -0.39 is 5.97 Å². The van der Waals surface area contributed by atoms with Crippen molar-refractivity contribution in [2.75, 3.05) is 19.0 Å². The van der Waals surface area contributed by atoms with E-state index in [9.17, 15) is 9.90 Å². The van der Waals surface area contributed by atoms with Crippen molar-refractivity contribution in [2.45, 2.75) is 57.4 Å². The smallest absolute Gasteiger partial charge is 0.345 e. The predicted octanol–water partition coefficient (Wildman–Crippen LogP) is 10.9. The Labute approximate surface area is 283 Å². The van der Waals surface area contributed by atoms with E-state index in [-0.39, 0.29) is 0 Å². The van der Waals surface area contributed by atoms with Gasteiger partial charge in [0.25, 0.3) is 0 Å². The number of anilines is 1. The molecule has 3 aromatic carbocycles. The molecule has 47 heavy (non-hydrogen) atoms. The van der Waals surface area contributed by atoms with Crippen LogP contribution < -0.4 is 10.1 Å². The van der Waals surface area contributed by atoms with Gasteiger partial charge >= 0.3 is 5.97 Å². The van der Waals surface area contributed by atoms with E-state index in [1.807, 2.05) is 36.4 Å². The summed E-state index contributed by atoms with van der Waals surface area (Å²) in [5, 5.41) is 15.5. The van der Waals surface area contributed by atoms with E-state index in [0.717, 1.165) is 93.7 Å². The van der Waals surface area contributed by atoms with Gasteiger partial charge in [0, 0.05) is 34.6 Å². The zero-order chi connectivity index (χ0) is 32.1. The van der Waals surface area contributed by atoms with Gasteiger partial charge in [-0.15, -0.1) is 11.3 Å². The van der Waals surface area contributed by atoms with Crippen LogP contribution in [0.4, 0.5) is 5.69 Å². The molecule has 0 spiro atoms. The van der Waals surface area contributed by atoms with Crippen LogP contribution in [0.5, 0.6) is 5.75 Å². The van der Waals surface area contributed by atoms with E-state index in [1.54, 1.807) is 7.11 Å². The number of aryl methyl sites for hydroxylation is 1. The Balaban J connectivity index is 1.32.